The number of hydrogen-bond donors (Lipinski definition) is 2. The van der Waals surface area contributed by atoms with Crippen LogP contribution in [-0.4, -0.2) is 35.4 Å². The molecular formula is C25H34IN5O2. The Kier molecular flexibility index (Phi) is 9.22. The van der Waals surface area contributed by atoms with Crippen LogP contribution in [0.15, 0.2) is 52.1 Å². The normalized spacial score (nSPS) is 15.5. The zero-order chi connectivity index (χ0) is 22.3. The maximum absolute atomic E-state index is 5.59. The summed E-state index contributed by atoms with van der Waals surface area (Å²) in [7, 11) is 3.59. The van der Waals surface area contributed by atoms with E-state index in [1.54, 1.807) is 18.1 Å². The van der Waals surface area contributed by atoms with E-state index in [2.05, 4.69) is 46.9 Å². The Morgan fingerprint density at radius 3 is 2.79 bits per heavy atom. The Balaban J connectivity index is 0.00000306. The van der Waals surface area contributed by atoms with Crippen molar-refractivity contribution in [2.45, 2.75) is 51.6 Å². The Hall–Kier alpha value is -2.49. The van der Waals surface area contributed by atoms with Crippen LogP contribution in [-0.2, 0) is 39.3 Å². The van der Waals surface area contributed by atoms with Crippen LogP contribution in [0.2, 0.25) is 0 Å². The molecule has 3 aromatic rings. The minimum atomic E-state index is 0. The lowest BCUT2D eigenvalue weighted by Gasteiger charge is -2.27. The standard InChI is InChI=1S/C25H33N5O2.HI/c1-4-23-22(24(31-3)30(2)29-23)17-27-25(26-14-13-21-10-7-15-32-21)28-20-12-11-18-8-5-6-9-19(18)16-20;/h5-10,15,20H,4,11-14,16-17H2,1-3H3,(H2,26,27,28);1H. The topological polar surface area (TPSA) is 76.6 Å². The quantitative estimate of drug-likeness (QED) is 0.246. The number of aryl methyl sites for hydroxylation is 3. The van der Waals surface area contributed by atoms with Crippen molar-refractivity contribution in [1.29, 1.82) is 0 Å². The lowest BCUT2D eigenvalue weighted by atomic mass is 9.88. The molecule has 2 heterocycles. The van der Waals surface area contributed by atoms with Crippen LogP contribution in [0.5, 0.6) is 5.88 Å². The number of halogens is 1. The number of furan rings is 1. The largest absolute Gasteiger partial charge is 0.481 e. The van der Waals surface area contributed by atoms with Crippen LogP contribution in [0.3, 0.4) is 0 Å². The molecule has 0 saturated carbocycles. The first-order valence-corrected chi connectivity index (χ1v) is 11.4. The van der Waals surface area contributed by atoms with E-state index >= 15 is 0 Å². The third-order valence-corrected chi connectivity index (χ3v) is 6.03. The monoisotopic (exact) mass is 563 g/mol. The van der Waals surface area contributed by atoms with Crippen LogP contribution in [0.1, 0.15) is 41.5 Å². The fourth-order valence-corrected chi connectivity index (χ4v) is 4.39. The van der Waals surface area contributed by atoms with Crippen molar-refractivity contribution < 1.29 is 9.15 Å². The summed E-state index contributed by atoms with van der Waals surface area (Å²) >= 11 is 0. The van der Waals surface area contributed by atoms with Crippen molar-refractivity contribution in [1.82, 2.24) is 20.4 Å². The SMILES string of the molecule is CCc1nn(C)c(OC)c1CN=C(NCCc1ccco1)NC1CCc2ccccc2C1.I. The second kappa shape index (κ2) is 12.1. The summed E-state index contributed by atoms with van der Waals surface area (Å²) in [6, 6.07) is 13.0. The van der Waals surface area contributed by atoms with Gasteiger partial charge in [0.15, 0.2) is 5.96 Å². The van der Waals surface area contributed by atoms with E-state index in [4.69, 9.17) is 14.1 Å². The molecule has 178 valence electrons. The number of rotatable bonds is 8. The number of hydrogen-bond acceptors (Lipinski definition) is 4. The van der Waals surface area contributed by atoms with Gasteiger partial charge in [-0.05, 0) is 48.9 Å². The second-order valence-corrected chi connectivity index (χ2v) is 8.19. The van der Waals surface area contributed by atoms with Crippen LogP contribution >= 0.6 is 24.0 Å². The fourth-order valence-electron chi connectivity index (χ4n) is 4.39. The first kappa shape index (κ1) is 25.1. The number of guanidine groups is 1. The number of methoxy groups -OCH3 is 1. The minimum Gasteiger partial charge on any atom is -0.481 e. The molecule has 1 aliphatic rings. The van der Waals surface area contributed by atoms with E-state index in [-0.39, 0.29) is 24.0 Å². The summed E-state index contributed by atoms with van der Waals surface area (Å²) in [6.07, 6.45) is 6.54. The lowest BCUT2D eigenvalue weighted by molar-refractivity contribution is 0.369. The molecular weight excluding hydrogens is 529 g/mol. The molecule has 1 atom stereocenters. The number of fused-ring (bicyclic) bond motifs is 1. The number of ether oxygens (including phenoxy) is 1. The molecule has 2 N–H and O–H groups in total. The summed E-state index contributed by atoms with van der Waals surface area (Å²) in [4.78, 5) is 4.92. The molecule has 4 rings (SSSR count). The van der Waals surface area contributed by atoms with E-state index in [1.165, 1.54) is 11.1 Å². The Bertz CT molecular complexity index is 1050. The van der Waals surface area contributed by atoms with E-state index in [1.807, 2.05) is 19.2 Å². The molecule has 2 aromatic heterocycles. The first-order chi connectivity index (χ1) is 15.7. The summed E-state index contributed by atoms with van der Waals surface area (Å²) in [5.74, 6) is 2.55. The number of nitrogens with zero attached hydrogens (tertiary/aromatic N) is 3. The molecule has 0 saturated heterocycles. The molecule has 0 fully saturated rings. The van der Waals surface area contributed by atoms with Gasteiger partial charge in [0.25, 0.3) is 0 Å². The average Bonchev–Trinajstić information content (AvgIpc) is 3.44. The van der Waals surface area contributed by atoms with E-state index < -0.39 is 0 Å². The maximum atomic E-state index is 5.59. The molecule has 1 unspecified atom stereocenters. The highest BCUT2D eigenvalue weighted by Gasteiger charge is 2.20. The summed E-state index contributed by atoms with van der Waals surface area (Å²) < 4.78 is 12.8. The smallest absolute Gasteiger partial charge is 0.216 e. The molecule has 1 aromatic carbocycles. The van der Waals surface area contributed by atoms with Crippen molar-refractivity contribution >= 4 is 29.9 Å². The predicted octanol–water partition coefficient (Wildman–Crippen LogP) is 4.04. The molecule has 0 amide bonds. The third-order valence-electron chi connectivity index (χ3n) is 6.03. The zero-order valence-corrected chi connectivity index (χ0v) is 22.0. The summed E-state index contributed by atoms with van der Waals surface area (Å²) in [5, 5.41) is 11.7. The molecule has 0 spiro atoms. The van der Waals surface area contributed by atoms with Gasteiger partial charge in [-0.2, -0.15) is 5.10 Å². The highest BCUT2D eigenvalue weighted by Crippen LogP contribution is 2.23. The van der Waals surface area contributed by atoms with E-state index in [0.717, 1.165) is 67.5 Å². The molecule has 1 aliphatic carbocycles. The van der Waals surface area contributed by atoms with Gasteiger partial charge in [0.1, 0.15) is 5.76 Å². The van der Waals surface area contributed by atoms with Gasteiger partial charge in [0, 0.05) is 26.1 Å². The highest BCUT2D eigenvalue weighted by atomic mass is 127. The molecule has 7 nitrogen and oxygen atoms in total. The summed E-state index contributed by atoms with van der Waals surface area (Å²) in [5.41, 5.74) is 4.95. The van der Waals surface area contributed by atoms with Gasteiger partial charge in [0.05, 0.1) is 31.2 Å². The van der Waals surface area contributed by atoms with Crippen molar-refractivity contribution in [3.05, 3.63) is 70.8 Å². The molecule has 0 radical (unpaired) electrons. The van der Waals surface area contributed by atoms with Crippen molar-refractivity contribution in [3.63, 3.8) is 0 Å². The first-order valence-electron chi connectivity index (χ1n) is 11.4. The van der Waals surface area contributed by atoms with Gasteiger partial charge in [-0.3, -0.25) is 0 Å². The van der Waals surface area contributed by atoms with E-state index in [0.29, 0.717) is 12.6 Å². The number of benzene rings is 1. The van der Waals surface area contributed by atoms with Crippen molar-refractivity contribution in [3.8, 4) is 5.88 Å². The Morgan fingerprint density at radius 1 is 1.24 bits per heavy atom. The van der Waals surface area contributed by atoms with Gasteiger partial charge in [-0.1, -0.05) is 31.2 Å². The van der Waals surface area contributed by atoms with Gasteiger partial charge in [-0.25, -0.2) is 9.67 Å². The molecule has 8 heteroatoms. The van der Waals surface area contributed by atoms with Crippen molar-refractivity contribution in [2.24, 2.45) is 12.0 Å². The van der Waals surface area contributed by atoms with Crippen LogP contribution in [0.25, 0.3) is 0 Å². The van der Waals surface area contributed by atoms with Crippen LogP contribution < -0.4 is 15.4 Å². The van der Waals surface area contributed by atoms with Gasteiger partial charge in [0.2, 0.25) is 5.88 Å². The second-order valence-electron chi connectivity index (χ2n) is 8.19. The van der Waals surface area contributed by atoms with Gasteiger partial charge >= 0.3 is 0 Å². The van der Waals surface area contributed by atoms with Crippen LogP contribution in [0, 0.1) is 0 Å². The Labute approximate surface area is 213 Å². The van der Waals surface area contributed by atoms with Gasteiger partial charge in [-0.15, -0.1) is 24.0 Å². The fraction of sp³-hybridized carbons (Fsp3) is 0.440. The van der Waals surface area contributed by atoms with Gasteiger partial charge < -0.3 is 19.8 Å². The molecule has 33 heavy (non-hydrogen) atoms. The maximum Gasteiger partial charge on any atom is 0.216 e. The third kappa shape index (κ3) is 6.31. The highest BCUT2D eigenvalue weighted by molar-refractivity contribution is 14.0. The van der Waals surface area contributed by atoms with E-state index in [9.17, 15) is 0 Å². The number of aliphatic imine (C=N–C) groups is 1. The van der Waals surface area contributed by atoms with Crippen LogP contribution in [0.4, 0.5) is 0 Å². The summed E-state index contributed by atoms with van der Waals surface area (Å²) in [6.45, 7) is 3.36. The Morgan fingerprint density at radius 2 is 2.06 bits per heavy atom. The molecule has 0 bridgehead atoms. The predicted molar refractivity (Wildman–Crippen MR) is 141 cm³/mol. The lowest BCUT2D eigenvalue weighted by Crippen LogP contribution is -2.46. The number of nitrogens with one attached hydrogen (secondary N) is 2. The molecule has 0 aliphatic heterocycles. The zero-order valence-electron chi connectivity index (χ0n) is 19.6. The average molecular weight is 563 g/mol. The minimum absolute atomic E-state index is 0. The van der Waals surface area contributed by atoms with Crippen molar-refractivity contribution in [2.75, 3.05) is 13.7 Å². The number of aromatic nitrogens is 2.